The molecule has 2 fully saturated rings. The molecule has 45 heavy (non-hydrogen) atoms. The molecule has 0 radical (unpaired) electrons. The molecule has 14 nitrogen and oxygen atoms in total. The van der Waals surface area contributed by atoms with Crippen LogP contribution in [0.2, 0.25) is 0 Å². The van der Waals surface area contributed by atoms with Gasteiger partial charge in [0.15, 0.2) is 17.7 Å². The number of carbonyl (C=O) groups excluding carboxylic acids is 1. The van der Waals surface area contributed by atoms with E-state index in [9.17, 15) is 19.6 Å². The first-order valence-corrected chi connectivity index (χ1v) is 16.6. The Morgan fingerprint density at radius 3 is 2.62 bits per heavy atom. The van der Waals surface area contributed by atoms with Crippen molar-refractivity contribution in [3.8, 4) is 5.75 Å². The zero-order valence-electron chi connectivity index (χ0n) is 24.9. The van der Waals surface area contributed by atoms with Gasteiger partial charge in [0.05, 0.1) is 12.4 Å². The van der Waals surface area contributed by atoms with Crippen LogP contribution in [0.25, 0.3) is 21.9 Å². The van der Waals surface area contributed by atoms with E-state index in [-0.39, 0.29) is 17.7 Å². The first-order chi connectivity index (χ1) is 21.6. The third kappa shape index (κ3) is 6.53. The Morgan fingerprint density at radius 1 is 1.07 bits per heavy atom. The van der Waals surface area contributed by atoms with Crippen LogP contribution in [0.3, 0.4) is 0 Å². The van der Waals surface area contributed by atoms with Crippen LogP contribution in [0.5, 0.6) is 5.75 Å². The molecule has 7 atom stereocenters. The van der Waals surface area contributed by atoms with Gasteiger partial charge in [-0.05, 0) is 51.0 Å². The van der Waals surface area contributed by atoms with E-state index in [1.807, 2.05) is 30.3 Å². The molecule has 0 amide bonds. The van der Waals surface area contributed by atoms with Crippen LogP contribution in [0, 0.1) is 0 Å². The normalized spacial score (nSPS) is 25.2. The molecule has 240 valence electrons. The fourth-order valence-corrected chi connectivity index (χ4v) is 7.57. The Labute approximate surface area is 259 Å². The largest absolute Gasteiger partial charge is 0.461 e. The summed E-state index contributed by atoms with van der Waals surface area (Å²) >= 11 is 0. The molecule has 1 aliphatic carbocycles. The fourth-order valence-electron chi connectivity index (χ4n) is 5.86. The number of rotatable bonds is 10. The quantitative estimate of drug-likeness (QED) is 0.145. The van der Waals surface area contributed by atoms with E-state index >= 15 is 0 Å². The van der Waals surface area contributed by atoms with Crippen molar-refractivity contribution in [1.29, 1.82) is 0 Å². The number of aliphatic hydroxyl groups is 2. The third-order valence-electron chi connectivity index (χ3n) is 8.21. The minimum absolute atomic E-state index is 0.147. The molecule has 2 aliphatic rings. The highest BCUT2D eigenvalue weighted by Gasteiger charge is 2.49. The maximum Gasteiger partial charge on any atom is 0.459 e. The molecular formula is C30H37N6O8P. The molecule has 2 aromatic heterocycles. The van der Waals surface area contributed by atoms with Gasteiger partial charge < -0.3 is 29.9 Å². The average Bonchev–Trinajstić information content (AvgIpc) is 3.59. The van der Waals surface area contributed by atoms with E-state index in [0.29, 0.717) is 16.6 Å². The number of nitrogens with one attached hydrogen (secondary N) is 1. The Hall–Kier alpha value is -3.65. The van der Waals surface area contributed by atoms with E-state index in [1.54, 1.807) is 12.1 Å². The summed E-state index contributed by atoms with van der Waals surface area (Å²) < 4.78 is 39.8. The van der Waals surface area contributed by atoms with Crippen LogP contribution in [0.1, 0.15) is 52.2 Å². The van der Waals surface area contributed by atoms with Gasteiger partial charge in [0.25, 0.3) is 0 Å². The predicted molar refractivity (Wildman–Crippen MR) is 164 cm³/mol. The van der Waals surface area contributed by atoms with Crippen molar-refractivity contribution in [2.75, 3.05) is 5.73 Å². The molecule has 3 heterocycles. The molecule has 6 rings (SSSR count). The van der Waals surface area contributed by atoms with Gasteiger partial charge >= 0.3 is 13.7 Å². The summed E-state index contributed by atoms with van der Waals surface area (Å²) in [5, 5.41) is 26.3. The van der Waals surface area contributed by atoms with Crippen LogP contribution in [0.15, 0.2) is 55.1 Å². The number of nitrogens with zero attached hydrogens (tertiary/aromatic N) is 4. The first kappa shape index (κ1) is 31.3. The fraction of sp³-hybridized carbons (Fsp3) is 0.467. The van der Waals surface area contributed by atoms with Crippen molar-refractivity contribution >= 4 is 41.5 Å². The van der Waals surface area contributed by atoms with E-state index in [1.165, 1.54) is 31.1 Å². The van der Waals surface area contributed by atoms with E-state index in [2.05, 4.69) is 20.0 Å². The average molecular weight is 641 g/mol. The summed E-state index contributed by atoms with van der Waals surface area (Å²) in [6.07, 6.45) is 0.773. The van der Waals surface area contributed by atoms with Gasteiger partial charge in [0.1, 0.15) is 48.1 Å². The number of aliphatic hydroxyl groups excluding tert-OH is 2. The van der Waals surface area contributed by atoms with Crippen molar-refractivity contribution in [3.63, 3.8) is 0 Å². The standard InChI is InChI=1S/C30H37N6O8P/c1-17(30(39)41-20-11-4-3-5-12-20)35-45(40,44-22-14-8-10-19-9-6-7-13-21(19)22)43-18(2)26-24(37)25(38)29(42-26)36-16-34-23-27(31)32-15-33-28(23)36/h6-10,13-18,20,24-26,29,37-38H,3-5,11-12H2,1-2H3,(H,35,40)(H2,31,32,33)/t17?,18?,24-,25+,26+,29+,45?/m0/s1. The number of carbonyl (C=O) groups is 1. The predicted octanol–water partition coefficient (Wildman–Crippen LogP) is 3.63. The minimum atomic E-state index is -4.37. The number of nitrogens with two attached hydrogens (primary N) is 1. The SMILES string of the molecule is CC(NP(=O)(Oc1cccc2ccccc12)OC(C)[C@H]1O[C@@H](n2cnc3c(N)ncnc32)[C@H](O)[C@@H]1O)C(=O)OC1CCCCC1. The Morgan fingerprint density at radius 2 is 1.82 bits per heavy atom. The Kier molecular flexibility index (Phi) is 9.05. The lowest BCUT2D eigenvalue weighted by atomic mass is 9.98. The number of benzene rings is 2. The zero-order chi connectivity index (χ0) is 31.7. The van der Waals surface area contributed by atoms with Gasteiger partial charge in [0, 0.05) is 5.39 Å². The number of aromatic nitrogens is 4. The van der Waals surface area contributed by atoms with Gasteiger partial charge in [-0.3, -0.25) is 13.9 Å². The summed E-state index contributed by atoms with van der Waals surface area (Å²) in [7, 11) is -4.37. The number of hydrogen-bond acceptors (Lipinski definition) is 12. The highest BCUT2D eigenvalue weighted by atomic mass is 31.2. The van der Waals surface area contributed by atoms with Crippen molar-refractivity contribution in [3.05, 3.63) is 55.1 Å². The summed E-state index contributed by atoms with van der Waals surface area (Å²) in [5.74, 6) is -0.175. The highest BCUT2D eigenvalue weighted by molar-refractivity contribution is 7.52. The second kappa shape index (κ2) is 13.0. The highest BCUT2D eigenvalue weighted by Crippen LogP contribution is 2.49. The summed E-state index contributed by atoms with van der Waals surface area (Å²) in [6, 6.07) is 11.6. The van der Waals surface area contributed by atoms with Crippen molar-refractivity contribution < 1.29 is 38.1 Å². The zero-order valence-corrected chi connectivity index (χ0v) is 25.8. The molecule has 15 heteroatoms. The lowest BCUT2D eigenvalue weighted by Gasteiger charge is -2.29. The molecule has 2 aromatic carbocycles. The van der Waals surface area contributed by atoms with Gasteiger partial charge in [-0.1, -0.05) is 42.8 Å². The van der Waals surface area contributed by atoms with Crippen molar-refractivity contribution in [1.82, 2.24) is 24.6 Å². The van der Waals surface area contributed by atoms with Crippen LogP contribution < -0.4 is 15.3 Å². The molecule has 1 saturated heterocycles. The topological polar surface area (TPSA) is 193 Å². The number of ether oxygens (including phenoxy) is 2. The monoisotopic (exact) mass is 640 g/mol. The van der Waals surface area contributed by atoms with Crippen molar-refractivity contribution in [2.45, 2.75) is 88.7 Å². The van der Waals surface area contributed by atoms with Crippen molar-refractivity contribution in [2.24, 2.45) is 0 Å². The molecule has 4 aromatic rings. The minimum Gasteiger partial charge on any atom is -0.461 e. The maximum atomic E-state index is 14.5. The van der Waals surface area contributed by atoms with Crippen LogP contribution in [0.4, 0.5) is 5.82 Å². The second-order valence-electron chi connectivity index (χ2n) is 11.5. The third-order valence-corrected chi connectivity index (χ3v) is 9.96. The number of anilines is 1. The van der Waals surface area contributed by atoms with Crippen LogP contribution in [-0.4, -0.2) is 72.3 Å². The second-order valence-corrected chi connectivity index (χ2v) is 13.1. The van der Waals surface area contributed by atoms with E-state index < -0.39 is 50.4 Å². The smallest absolute Gasteiger partial charge is 0.459 e. The molecule has 1 saturated carbocycles. The number of nitrogen functional groups attached to an aromatic ring is 1. The molecule has 5 N–H and O–H groups in total. The maximum absolute atomic E-state index is 14.5. The lowest BCUT2D eigenvalue weighted by Crippen LogP contribution is -2.41. The molecule has 1 aliphatic heterocycles. The van der Waals surface area contributed by atoms with Gasteiger partial charge in [-0.2, -0.15) is 5.09 Å². The van der Waals surface area contributed by atoms with Gasteiger partial charge in [-0.25, -0.2) is 19.5 Å². The van der Waals surface area contributed by atoms with E-state index in [4.69, 9.17) is 24.3 Å². The summed E-state index contributed by atoms with van der Waals surface area (Å²) in [6.45, 7) is 3.05. The number of esters is 1. The Bertz CT molecular complexity index is 1710. The first-order valence-electron chi connectivity index (χ1n) is 15.0. The van der Waals surface area contributed by atoms with Crippen LogP contribution >= 0.6 is 7.75 Å². The Balaban J connectivity index is 1.24. The number of hydrogen-bond donors (Lipinski definition) is 4. The van der Waals surface area contributed by atoms with Gasteiger partial charge in [0.2, 0.25) is 0 Å². The van der Waals surface area contributed by atoms with E-state index in [0.717, 1.165) is 37.5 Å². The number of fused-ring (bicyclic) bond motifs is 2. The summed E-state index contributed by atoms with van der Waals surface area (Å²) in [4.78, 5) is 25.4. The molecular weight excluding hydrogens is 603 g/mol. The molecule has 0 bridgehead atoms. The molecule has 0 spiro atoms. The molecule has 3 unspecified atom stereocenters. The number of imidazole rings is 1. The summed E-state index contributed by atoms with van der Waals surface area (Å²) in [5.41, 5.74) is 6.51. The van der Waals surface area contributed by atoms with Crippen LogP contribution in [-0.2, 0) is 23.4 Å². The van der Waals surface area contributed by atoms with Gasteiger partial charge in [-0.15, -0.1) is 0 Å². The lowest BCUT2D eigenvalue weighted by molar-refractivity contribution is -0.152.